The Kier molecular flexibility index (Phi) is 5.99. The van der Waals surface area contributed by atoms with Crippen LogP contribution < -0.4 is 10.1 Å². The summed E-state index contributed by atoms with van der Waals surface area (Å²) in [4.78, 5) is 22.7. The van der Waals surface area contributed by atoms with Gasteiger partial charge in [-0.3, -0.25) is 5.32 Å². The molecule has 0 saturated heterocycles. The van der Waals surface area contributed by atoms with Crippen molar-refractivity contribution in [2.45, 2.75) is 12.2 Å². The minimum absolute atomic E-state index is 0.0142. The van der Waals surface area contributed by atoms with Crippen LogP contribution in [0.4, 0.5) is 19.3 Å². The Morgan fingerprint density at radius 1 is 1.38 bits per heavy atom. The molecule has 1 N–H and O–H groups in total. The molecule has 0 aliphatic heterocycles. The number of halogens is 2. The van der Waals surface area contributed by atoms with Crippen LogP contribution in [-0.4, -0.2) is 36.9 Å². The van der Waals surface area contributed by atoms with Crippen molar-refractivity contribution < 1.29 is 40.8 Å². The second-order valence-electron chi connectivity index (χ2n) is 4.49. The van der Waals surface area contributed by atoms with Crippen LogP contribution in [0.3, 0.4) is 0 Å². The highest BCUT2D eigenvalue weighted by Crippen LogP contribution is 2.21. The van der Waals surface area contributed by atoms with Gasteiger partial charge >= 0.3 is 17.3 Å². The average molecular weight is 364 g/mol. The van der Waals surface area contributed by atoms with E-state index in [4.69, 9.17) is 4.74 Å². The Balaban J connectivity index is 2.68. The van der Waals surface area contributed by atoms with Crippen molar-refractivity contribution in [1.29, 1.82) is 0 Å². The maximum absolute atomic E-state index is 12.8. The van der Waals surface area contributed by atoms with E-state index in [0.29, 0.717) is 0 Å². The van der Waals surface area contributed by atoms with E-state index in [0.717, 1.165) is 0 Å². The van der Waals surface area contributed by atoms with Crippen molar-refractivity contribution in [3.05, 3.63) is 36.4 Å². The second kappa shape index (κ2) is 7.36. The molecule has 1 amide bonds. The first kappa shape index (κ1) is 19.5. The van der Waals surface area contributed by atoms with Gasteiger partial charge in [-0.05, 0) is 19.1 Å². The Bertz CT molecular complexity index is 761. The van der Waals surface area contributed by atoms with Crippen molar-refractivity contribution in [1.82, 2.24) is 0 Å². The summed E-state index contributed by atoms with van der Waals surface area (Å²) in [7, 11) is -5.95. The van der Waals surface area contributed by atoms with Crippen molar-refractivity contribution in [3.8, 4) is 5.75 Å². The molecule has 132 valence electrons. The van der Waals surface area contributed by atoms with Gasteiger partial charge in [0.25, 0.3) is 0 Å². The first-order valence-electron chi connectivity index (χ1n) is 6.17. The van der Waals surface area contributed by atoms with Crippen molar-refractivity contribution in [3.63, 3.8) is 0 Å². The molecule has 24 heavy (non-hydrogen) atoms. The lowest BCUT2D eigenvalue weighted by atomic mass is 10.3. The Labute approximate surface area is 135 Å². The molecule has 0 radical (unpaired) electrons. The lowest BCUT2D eigenvalue weighted by Crippen LogP contribution is -2.35. The first-order chi connectivity index (χ1) is 10.9. The summed E-state index contributed by atoms with van der Waals surface area (Å²) in [5, 5.41) is -2.74. The van der Waals surface area contributed by atoms with Crippen LogP contribution in [0.2, 0.25) is 0 Å². The number of carbonyl (C=O) groups is 2. The lowest BCUT2D eigenvalue weighted by Gasteiger charge is -2.19. The van der Waals surface area contributed by atoms with Gasteiger partial charge in [-0.1, -0.05) is 12.6 Å². The molecule has 0 bridgehead atoms. The molecule has 0 heterocycles. The van der Waals surface area contributed by atoms with Crippen LogP contribution in [-0.2, 0) is 19.6 Å². The van der Waals surface area contributed by atoms with Gasteiger partial charge in [0, 0.05) is 17.3 Å². The molecular weight excluding hydrogens is 352 g/mol. The van der Waals surface area contributed by atoms with Gasteiger partial charge < -0.3 is 14.0 Å². The van der Waals surface area contributed by atoms with Crippen LogP contribution in [0.15, 0.2) is 36.4 Å². The minimum Gasteiger partial charge on any atom is -0.743 e. The van der Waals surface area contributed by atoms with Gasteiger partial charge in [0.2, 0.25) is 0 Å². The highest BCUT2D eigenvalue weighted by molar-refractivity contribution is 7.86. The molecule has 0 aliphatic rings. The van der Waals surface area contributed by atoms with E-state index in [2.05, 4.69) is 11.3 Å². The SMILES string of the molecule is C=C(C)C(=O)Oc1cccc(NC(=O)OCC(F)(F)S(=O)(=O)[O-])c1. The number of amides is 1. The monoisotopic (exact) mass is 364 g/mol. The maximum Gasteiger partial charge on any atom is 0.411 e. The molecule has 0 fully saturated rings. The summed E-state index contributed by atoms with van der Waals surface area (Å²) in [6.45, 7) is 2.87. The van der Waals surface area contributed by atoms with Gasteiger partial charge in [-0.2, -0.15) is 8.78 Å². The average Bonchev–Trinajstić information content (AvgIpc) is 2.44. The van der Waals surface area contributed by atoms with Gasteiger partial charge in [-0.25, -0.2) is 18.0 Å². The van der Waals surface area contributed by atoms with Crippen LogP contribution in [0.25, 0.3) is 0 Å². The fraction of sp³-hybridized carbons (Fsp3) is 0.231. The van der Waals surface area contributed by atoms with Crippen molar-refractivity contribution in [2.75, 3.05) is 11.9 Å². The number of hydrogen-bond donors (Lipinski definition) is 1. The summed E-state index contributed by atoms with van der Waals surface area (Å²) < 4.78 is 65.3. The summed E-state index contributed by atoms with van der Waals surface area (Å²) in [5.74, 6) is -0.678. The zero-order valence-corrected chi connectivity index (χ0v) is 13.1. The minimum atomic E-state index is -5.95. The third-order valence-corrected chi connectivity index (χ3v) is 3.23. The van der Waals surface area contributed by atoms with E-state index < -0.39 is 34.0 Å². The van der Waals surface area contributed by atoms with Crippen LogP contribution >= 0.6 is 0 Å². The molecule has 11 heteroatoms. The lowest BCUT2D eigenvalue weighted by molar-refractivity contribution is -0.130. The van der Waals surface area contributed by atoms with E-state index in [1.54, 1.807) is 0 Å². The molecule has 0 unspecified atom stereocenters. The summed E-state index contributed by atoms with van der Waals surface area (Å²) in [6, 6.07) is 5.27. The topological polar surface area (TPSA) is 122 Å². The quantitative estimate of drug-likeness (QED) is 0.354. The molecule has 1 aromatic rings. The first-order valence-corrected chi connectivity index (χ1v) is 7.58. The highest BCUT2D eigenvalue weighted by Gasteiger charge is 2.39. The normalized spacial score (nSPS) is 11.5. The van der Waals surface area contributed by atoms with E-state index in [1.807, 2.05) is 5.32 Å². The predicted octanol–water partition coefficient (Wildman–Crippen LogP) is 1.85. The number of alkyl halides is 2. The molecule has 0 aliphatic carbocycles. The molecule has 0 spiro atoms. The van der Waals surface area contributed by atoms with Crippen molar-refractivity contribution in [2.24, 2.45) is 0 Å². The van der Waals surface area contributed by atoms with Gasteiger partial charge in [0.05, 0.1) is 0 Å². The van der Waals surface area contributed by atoms with Crippen LogP contribution in [0.5, 0.6) is 5.75 Å². The van der Waals surface area contributed by atoms with Crippen molar-refractivity contribution >= 4 is 27.9 Å². The molecule has 1 rings (SSSR count). The maximum atomic E-state index is 12.8. The van der Waals surface area contributed by atoms with Crippen LogP contribution in [0, 0.1) is 0 Å². The fourth-order valence-corrected chi connectivity index (χ4v) is 1.41. The number of nitrogens with one attached hydrogen (secondary N) is 1. The molecule has 8 nitrogen and oxygen atoms in total. The molecule has 0 saturated carbocycles. The third-order valence-electron chi connectivity index (χ3n) is 2.38. The van der Waals surface area contributed by atoms with Gasteiger partial charge in [-0.15, -0.1) is 0 Å². The standard InChI is InChI=1S/C13H13F2NO7S/c1-8(2)11(17)23-10-5-3-4-9(6-10)16-12(18)22-7-13(14,15)24(19,20)21/h3-6H,1,7H2,2H3,(H,16,18)(H,19,20,21)/p-1. The van der Waals surface area contributed by atoms with E-state index in [-0.39, 0.29) is 17.0 Å². The summed E-state index contributed by atoms with van der Waals surface area (Å²) in [5.41, 5.74) is 0.147. The molecule has 1 aromatic carbocycles. The zero-order valence-electron chi connectivity index (χ0n) is 12.2. The molecule has 0 atom stereocenters. The number of anilines is 1. The van der Waals surface area contributed by atoms with Gasteiger partial charge in [0.1, 0.15) is 5.75 Å². The van der Waals surface area contributed by atoms with E-state index in [1.165, 1.54) is 31.2 Å². The molecule has 0 aromatic heterocycles. The Morgan fingerprint density at radius 3 is 2.54 bits per heavy atom. The van der Waals surface area contributed by atoms with E-state index in [9.17, 15) is 31.3 Å². The van der Waals surface area contributed by atoms with E-state index >= 15 is 0 Å². The third kappa shape index (κ3) is 5.59. The summed E-state index contributed by atoms with van der Waals surface area (Å²) >= 11 is 0. The largest absolute Gasteiger partial charge is 0.743 e. The fourth-order valence-electron chi connectivity index (χ4n) is 1.21. The second-order valence-corrected chi connectivity index (χ2v) is 6.00. The number of rotatable bonds is 6. The number of esters is 1. The Morgan fingerprint density at radius 2 is 2.00 bits per heavy atom. The number of carbonyl (C=O) groups excluding carboxylic acids is 2. The van der Waals surface area contributed by atoms with Gasteiger partial charge in [0.15, 0.2) is 16.7 Å². The zero-order chi connectivity index (χ0) is 18.5. The number of hydrogen-bond acceptors (Lipinski definition) is 7. The Hall–Kier alpha value is -2.53. The summed E-state index contributed by atoms with van der Waals surface area (Å²) in [6.07, 6.45) is -1.43. The molecular formula is C13H12F2NO7S-. The smallest absolute Gasteiger partial charge is 0.411 e. The highest BCUT2D eigenvalue weighted by atomic mass is 32.2. The van der Waals surface area contributed by atoms with Crippen LogP contribution in [0.1, 0.15) is 6.92 Å². The number of benzene rings is 1. The predicted molar refractivity (Wildman–Crippen MR) is 76.5 cm³/mol. The number of ether oxygens (including phenoxy) is 2.